The molecule has 0 bridgehead atoms. The van der Waals surface area contributed by atoms with Crippen LogP contribution in [0, 0.1) is 0 Å². The minimum Gasteiger partial charge on any atom is -0.497 e. The lowest BCUT2D eigenvalue weighted by Gasteiger charge is -2.16. The Bertz CT molecular complexity index is 1170. The normalized spacial score (nSPS) is 12.9. The van der Waals surface area contributed by atoms with Crippen LogP contribution in [0.3, 0.4) is 0 Å². The molecule has 0 fully saturated rings. The van der Waals surface area contributed by atoms with Gasteiger partial charge in [0, 0.05) is 11.8 Å². The van der Waals surface area contributed by atoms with Crippen LogP contribution in [0.5, 0.6) is 5.75 Å². The third kappa shape index (κ3) is 3.20. The zero-order valence-corrected chi connectivity index (χ0v) is 17.3. The van der Waals surface area contributed by atoms with Crippen LogP contribution in [-0.2, 0) is 6.54 Å². The van der Waals surface area contributed by atoms with Gasteiger partial charge in [0.05, 0.1) is 29.9 Å². The maximum Gasteiger partial charge on any atom is 0.133 e. The number of ether oxygens (including phenoxy) is 1. The molecule has 0 unspecified atom stereocenters. The number of fused-ring (bicyclic) bond motifs is 1. The molecule has 0 N–H and O–H groups in total. The van der Waals surface area contributed by atoms with Crippen LogP contribution in [0.15, 0.2) is 72.2 Å². The Kier molecular flexibility index (Phi) is 4.58. The first kappa shape index (κ1) is 18.0. The largest absolute Gasteiger partial charge is 0.497 e. The summed E-state index contributed by atoms with van der Waals surface area (Å²) in [5, 5.41) is 2.07. The van der Waals surface area contributed by atoms with E-state index in [0.29, 0.717) is 6.54 Å². The minimum atomic E-state index is 0.619. The van der Waals surface area contributed by atoms with Crippen LogP contribution in [-0.4, -0.2) is 22.1 Å². The highest BCUT2D eigenvalue weighted by molar-refractivity contribution is 7.81. The highest BCUT2D eigenvalue weighted by atomic mass is 32.1. The molecule has 0 saturated carbocycles. The van der Waals surface area contributed by atoms with Gasteiger partial charge in [-0.25, -0.2) is 9.97 Å². The van der Waals surface area contributed by atoms with Gasteiger partial charge >= 0.3 is 0 Å². The van der Waals surface area contributed by atoms with Crippen LogP contribution in [0.1, 0.15) is 11.3 Å². The molecule has 1 aromatic carbocycles. The van der Waals surface area contributed by atoms with Gasteiger partial charge in [-0.2, -0.15) is 0 Å². The summed E-state index contributed by atoms with van der Waals surface area (Å²) in [7, 11) is 1.67. The van der Waals surface area contributed by atoms with E-state index in [1.54, 1.807) is 24.6 Å². The Labute approximate surface area is 178 Å². The Morgan fingerprint density at radius 3 is 2.62 bits per heavy atom. The number of aromatic nitrogens is 2. The topological polar surface area (TPSA) is 38.2 Å². The van der Waals surface area contributed by atoms with E-state index in [2.05, 4.69) is 39.5 Å². The van der Waals surface area contributed by atoms with E-state index in [-0.39, 0.29) is 0 Å². The third-order valence-corrected chi connectivity index (χ3v) is 6.28. The monoisotopic (exact) mass is 415 g/mol. The second-order valence-electron chi connectivity index (χ2n) is 6.66. The molecule has 3 aromatic heterocycles. The van der Waals surface area contributed by atoms with E-state index in [1.807, 2.05) is 36.4 Å². The SMILES string of the molecule is COc1ccc(-c2cc(-c3cccs3)nc3c2C(=S)N(c2ccccn2)C3)cc1. The number of pyridine rings is 2. The predicted octanol–water partition coefficient (Wildman–Crippen LogP) is 5.58. The number of methoxy groups -OCH3 is 1. The van der Waals surface area contributed by atoms with Gasteiger partial charge in [-0.3, -0.25) is 0 Å². The van der Waals surface area contributed by atoms with E-state index in [9.17, 15) is 0 Å². The molecule has 142 valence electrons. The van der Waals surface area contributed by atoms with Crippen molar-refractivity contribution in [2.75, 3.05) is 12.0 Å². The molecule has 1 aliphatic rings. The fourth-order valence-electron chi connectivity index (χ4n) is 3.55. The number of thiocarbonyl (C=S) groups is 1. The van der Waals surface area contributed by atoms with E-state index in [0.717, 1.165) is 49.5 Å². The lowest BCUT2D eigenvalue weighted by atomic mass is 9.98. The summed E-state index contributed by atoms with van der Waals surface area (Å²) < 4.78 is 5.32. The molecule has 0 aliphatic carbocycles. The molecule has 5 rings (SSSR count). The first-order valence-corrected chi connectivity index (χ1v) is 10.5. The average molecular weight is 416 g/mol. The summed E-state index contributed by atoms with van der Waals surface area (Å²) in [6.07, 6.45) is 1.79. The average Bonchev–Trinajstić information content (AvgIpc) is 3.42. The van der Waals surface area contributed by atoms with Crippen molar-refractivity contribution in [1.29, 1.82) is 0 Å². The number of thiophene rings is 1. The van der Waals surface area contributed by atoms with Gasteiger partial charge < -0.3 is 9.64 Å². The van der Waals surface area contributed by atoms with E-state index in [1.165, 1.54) is 0 Å². The Hall–Kier alpha value is -3.09. The van der Waals surface area contributed by atoms with Crippen LogP contribution in [0.4, 0.5) is 5.82 Å². The zero-order valence-electron chi connectivity index (χ0n) is 15.7. The van der Waals surface area contributed by atoms with Crippen LogP contribution in [0.25, 0.3) is 21.7 Å². The highest BCUT2D eigenvalue weighted by Crippen LogP contribution is 2.38. The highest BCUT2D eigenvalue weighted by Gasteiger charge is 2.31. The van der Waals surface area contributed by atoms with Crippen molar-refractivity contribution in [1.82, 2.24) is 9.97 Å². The van der Waals surface area contributed by atoms with Crippen LogP contribution >= 0.6 is 23.6 Å². The maximum atomic E-state index is 5.88. The molecule has 0 atom stereocenters. The van der Waals surface area contributed by atoms with Crippen molar-refractivity contribution in [2.24, 2.45) is 0 Å². The Morgan fingerprint density at radius 2 is 1.93 bits per heavy atom. The fourth-order valence-corrected chi connectivity index (χ4v) is 4.63. The summed E-state index contributed by atoms with van der Waals surface area (Å²) >= 11 is 7.57. The van der Waals surface area contributed by atoms with Crippen LogP contribution in [0.2, 0.25) is 0 Å². The number of hydrogen-bond acceptors (Lipinski definition) is 5. The number of benzene rings is 1. The standard InChI is InChI=1S/C23H17N3OS2/c1-27-16-9-7-15(8-10-16)17-13-18(20-5-4-12-29-20)25-19-14-26(23(28)22(17)19)21-6-2-3-11-24-21/h2-13H,14H2,1H3. The van der Waals surface area contributed by atoms with Crippen molar-refractivity contribution in [3.8, 4) is 27.4 Å². The molecule has 4 heterocycles. The summed E-state index contributed by atoms with van der Waals surface area (Å²) in [5.74, 6) is 1.67. The van der Waals surface area contributed by atoms with Crippen molar-refractivity contribution in [2.45, 2.75) is 6.54 Å². The van der Waals surface area contributed by atoms with Crippen molar-refractivity contribution in [3.63, 3.8) is 0 Å². The van der Waals surface area contributed by atoms with E-state index in [4.69, 9.17) is 21.9 Å². The molecule has 1 aliphatic heterocycles. The molecular weight excluding hydrogens is 398 g/mol. The molecule has 0 amide bonds. The van der Waals surface area contributed by atoms with Gasteiger partial charge in [0.1, 0.15) is 16.6 Å². The summed E-state index contributed by atoms with van der Waals surface area (Å²) in [4.78, 5) is 13.4. The summed E-state index contributed by atoms with van der Waals surface area (Å²) in [6.45, 7) is 0.619. The van der Waals surface area contributed by atoms with Gasteiger partial charge in [0.15, 0.2) is 0 Å². The molecule has 4 aromatic rings. The molecule has 6 heteroatoms. The number of hydrogen-bond donors (Lipinski definition) is 0. The predicted molar refractivity (Wildman–Crippen MR) is 122 cm³/mol. The Balaban J connectivity index is 1.67. The Morgan fingerprint density at radius 1 is 1.07 bits per heavy atom. The number of anilines is 1. The van der Waals surface area contributed by atoms with Gasteiger partial charge in [-0.15, -0.1) is 11.3 Å². The van der Waals surface area contributed by atoms with Gasteiger partial charge in [0.2, 0.25) is 0 Å². The lowest BCUT2D eigenvalue weighted by Crippen LogP contribution is -2.23. The lowest BCUT2D eigenvalue weighted by molar-refractivity contribution is 0.415. The van der Waals surface area contributed by atoms with Crippen molar-refractivity contribution < 1.29 is 4.74 Å². The van der Waals surface area contributed by atoms with Crippen molar-refractivity contribution in [3.05, 3.63) is 83.5 Å². The molecule has 4 nitrogen and oxygen atoms in total. The van der Waals surface area contributed by atoms with Gasteiger partial charge in [-0.05, 0) is 52.9 Å². The molecular formula is C23H17N3OS2. The van der Waals surface area contributed by atoms with Crippen molar-refractivity contribution >= 4 is 34.4 Å². The first-order chi connectivity index (χ1) is 14.2. The molecule has 0 radical (unpaired) electrons. The number of rotatable bonds is 4. The van der Waals surface area contributed by atoms with E-state index < -0.39 is 0 Å². The zero-order chi connectivity index (χ0) is 19.8. The summed E-state index contributed by atoms with van der Waals surface area (Å²) in [5.41, 5.74) is 5.14. The smallest absolute Gasteiger partial charge is 0.133 e. The number of nitrogens with zero attached hydrogens (tertiary/aromatic N) is 3. The van der Waals surface area contributed by atoms with E-state index >= 15 is 0 Å². The second kappa shape index (κ2) is 7.39. The first-order valence-electron chi connectivity index (χ1n) is 9.20. The minimum absolute atomic E-state index is 0.619. The van der Waals surface area contributed by atoms with Gasteiger partial charge in [-0.1, -0.05) is 36.5 Å². The maximum absolute atomic E-state index is 5.88. The van der Waals surface area contributed by atoms with Crippen LogP contribution < -0.4 is 9.64 Å². The second-order valence-corrected chi connectivity index (χ2v) is 8.00. The van der Waals surface area contributed by atoms with Gasteiger partial charge in [0.25, 0.3) is 0 Å². The summed E-state index contributed by atoms with van der Waals surface area (Å²) in [6, 6.07) is 20.2. The molecule has 29 heavy (non-hydrogen) atoms. The molecule has 0 saturated heterocycles. The third-order valence-electron chi connectivity index (χ3n) is 4.96. The molecule has 0 spiro atoms. The fraction of sp³-hybridized carbons (Fsp3) is 0.0870. The quantitative estimate of drug-likeness (QED) is 0.407.